The number of ether oxygens (including phenoxy) is 1. The van der Waals surface area contributed by atoms with Gasteiger partial charge in [-0.05, 0) is 64.3 Å². The first-order chi connectivity index (χ1) is 8.01. The Kier molecular flexibility index (Phi) is 5.86. The summed E-state index contributed by atoms with van der Waals surface area (Å²) in [5.41, 5.74) is 0.194. The van der Waals surface area contributed by atoms with Crippen LogP contribution in [0.4, 0.5) is 0 Å². The molecule has 0 unspecified atom stereocenters. The minimum atomic E-state index is 0.194. The standard InChI is InChI=1S/C14H23NOS/c1-14(2,3)15-10-5-11-16-12-6-8-13(17-4)9-7-12/h6-9,15H,5,10-11H2,1-4H3. The van der Waals surface area contributed by atoms with Gasteiger partial charge in [-0.1, -0.05) is 0 Å². The number of benzene rings is 1. The van der Waals surface area contributed by atoms with Crippen molar-refractivity contribution in [2.75, 3.05) is 19.4 Å². The zero-order valence-corrected chi connectivity index (χ0v) is 12.1. The zero-order valence-electron chi connectivity index (χ0n) is 11.2. The number of hydrogen-bond acceptors (Lipinski definition) is 3. The molecule has 0 bridgehead atoms. The van der Waals surface area contributed by atoms with Crippen LogP contribution in [-0.2, 0) is 0 Å². The first kappa shape index (κ1) is 14.4. The molecule has 0 aromatic heterocycles. The molecular formula is C14H23NOS. The zero-order chi connectivity index (χ0) is 12.7. The molecule has 0 spiro atoms. The third-order valence-electron chi connectivity index (χ3n) is 2.30. The van der Waals surface area contributed by atoms with E-state index in [1.165, 1.54) is 4.90 Å². The molecule has 0 aliphatic rings. The Morgan fingerprint density at radius 2 is 1.82 bits per heavy atom. The van der Waals surface area contributed by atoms with Gasteiger partial charge in [0.15, 0.2) is 0 Å². The highest BCUT2D eigenvalue weighted by atomic mass is 32.2. The minimum absolute atomic E-state index is 0.194. The molecule has 0 heterocycles. The second-order valence-corrected chi connectivity index (χ2v) is 5.93. The highest BCUT2D eigenvalue weighted by molar-refractivity contribution is 7.98. The summed E-state index contributed by atoms with van der Waals surface area (Å²) in [5.74, 6) is 0.957. The van der Waals surface area contributed by atoms with Crippen molar-refractivity contribution in [2.24, 2.45) is 0 Å². The van der Waals surface area contributed by atoms with E-state index in [4.69, 9.17) is 4.74 Å². The average molecular weight is 253 g/mol. The Hall–Kier alpha value is -0.670. The van der Waals surface area contributed by atoms with Gasteiger partial charge in [0, 0.05) is 10.4 Å². The summed E-state index contributed by atoms with van der Waals surface area (Å²) in [5, 5.41) is 3.44. The summed E-state index contributed by atoms with van der Waals surface area (Å²) in [6.45, 7) is 8.28. The molecule has 0 saturated carbocycles. The Balaban J connectivity index is 2.18. The van der Waals surface area contributed by atoms with E-state index in [2.05, 4.69) is 44.5 Å². The van der Waals surface area contributed by atoms with Crippen molar-refractivity contribution in [1.82, 2.24) is 5.32 Å². The van der Waals surface area contributed by atoms with Crippen LogP contribution in [0.2, 0.25) is 0 Å². The van der Waals surface area contributed by atoms with Crippen LogP contribution in [0.1, 0.15) is 27.2 Å². The van der Waals surface area contributed by atoms with Crippen molar-refractivity contribution >= 4 is 11.8 Å². The lowest BCUT2D eigenvalue weighted by atomic mass is 10.1. The molecule has 0 atom stereocenters. The first-order valence-electron chi connectivity index (χ1n) is 6.03. The number of nitrogens with one attached hydrogen (secondary N) is 1. The third-order valence-corrected chi connectivity index (χ3v) is 3.05. The predicted molar refractivity (Wildman–Crippen MR) is 76.1 cm³/mol. The van der Waals surface area contributed by atoms with E-state index in [1.807, 2.05) is 12.1 Å². The van der Waals surface area contributed by atoms with E-state index in [9.17, 15) is 0 Å². The Bertz CT molecular complexity index is 316. The Labute approximate surface area is 109 Å². The number of hydrogen-bond donors (Lipinski definition) is 1. The van der Waals surface area contributed by atoms with E-state index < -0.39 is 0 Å². The van der Waals surface area contributed by atoms with Crippen LogP contribution in [0.15, 0.2) is 29.2 Å². The molecule has 1 aromatic carbocycles. The molecule has 0 aliphatic carbocycles. The predicted octanol–water partition coefficient (Wildman–Crippen LogP) is 3.57. The van der Waals surface area contributed by atoms with Crippen LogP contribution >= 0.6 is 11.8 Å². The molecule has 1 rings (SSSR count). The van der Waals surface area contributed by atoms with Crippen molar-refractivity contribution in [3.63, 3.8) is 0 Å². The number of rotatable bonds is 6. The highest BCUT2D eigenvalue weighted by Crippen LogP contribution is 2.18. The van der Waals surface area contributed by atoms with Gasteiger partial charge in [-0.15, -0.1) is 11.8 Å². The molecule has 17 heavy (non-hydrogen) atoms. The van der Waals surface area contributed by atoms with Gasteiger partial charge in [0.1, 0.15) is 5.75 Å². The van der Waals surface area contributed by atoms with Gasteiger partial charge >= 0.3 is 0 Å². The van der Waals surface area contributed by atoms with Crippen molar-refractivity contribution in [3.05, 3.63) is 24.3 Å². The SMILES string of the molecule is CSc1ccc(OCCCNC(C)(C)C)cc1. The maximum atomic E-state index is 5.67. The summed E-state index contributed by atoms with van der Waals surface area (Å²) in [4.78, 5) is 1.27. The van der Waals surface area contributed by atoms with Crippen molar-refractivity contribution < 1.29 is 4.74 Å². The van der Waals surface area contributed by atoms with Gasteiger partial charge in [-0.25, -0.2) is 0 Å². The summed E-state index contributed by atoms with van der Waals surface area (Å²) in [6.07, 6.45) is 3.11. The lowest BCUT2D eigenvalue weighted by Crippen LogP contribution is -2.36. The van der Waals surface area contributed by atoms with Gasteiger partial charge in [-0.3, -0.25) is 0 Å². The van der Waals surface area contributed by atoms with E-state index in [0.717, 1.165) is 25.3 Å². The summed E-state index contributed by atoms with van der Waals surface area (Å²) in [7, 11) is 0. The van der Waals surface area contributed by atoms with E-state index in [0.29, 0.717) is 0 Å². The molecule has 0 aliphatic heterocycles. The van der Waals surface area contributed by atoms with Gasteiger partial charge in [-0.2, -0.15) is 0 Å². The van der Waals surface area contributed by atoms with E-state index in [-0.39, 0.29) is 5.54 Å². The second-order valence-electron chi connectivity index (χ2n) is 5.05. The lowest BCUT2D eigenvalue weighted by molar-refractivity contribution is 0.298. The molecule has 0 fully saturated rings. The second kappa shape index (κ2) is 6.92. The van der Waals surface area contributed by atoms with Gasteiger partial charge < -0.3 is 10.1 Å². The monoisotopic (exact) mass is 253 g/mol. The maximum absolute atomic E-state index is 5.67. The number of thioether (sulfide) groups is 1. The molecule has 1 N–H and O–H groups in total. The highest BCUT2D eigenvalue weighted by Gasteiger charge is 2.06. The topological polar surface area (TPSA) is 21.3 Å². The van der Waals surface area contributed by atoms with Crippen LogP contribution in [0, 0.1) is 0 Å². The average Bonchev–Trinajstić information content (AvgIpc) is 2.28. The molecule has 3 heteroatoms. The minimum Gasteiger partial charge on any atom is -0.494 e. The maximum Gasteiger partial charge on any atom is 0.119 e. The van der Waals surface area contributed by atoms with Crippen LogP contribution < -0.4 is 10.1 Å². The van der Waals surface area contributed by atoms with Crippen molar-refractivity contribution in [3.8, 4) is 5.75 Å². The molecule has 96 valence electrons. The van der Waals surface area contributed by atoms with Gasteiger partial charge in [0.05, 0.1) is 6.61 Å². The molecular weight excluding hydrogens is 230 g/mol. The van der Waals surface area contributed by atoms with Crippen molar-refractivity contribution in [1.29, 1.82) is 0 Å². The van der Waals surface area contributed by atoms with Crippen molar-refractivity contribution in [2.45, 2.75) is 37.6 Å². The molecule has 2 nitrogen and oxygen atoms in total. The summed E-state index contributed by atoms with van der Waals surface area (Å²) < 4.78 is 5.67. The fourth-order valence-electron chi connectivity index (χ4n) is 1.40. The lowest BCUT2D eigenvalue weighted by Gasteiger charge is -2.20. The largest absolute Gasteiger partial charge is 0.494 e. The van der Waals surface area contributed by atoms with Gasteiger partial charge in [0.2, 0.25) is 0 Å². The van der Waals surface area contributed by atoms with E-state index in [1.54, 1.807) is 11.8 Å². The Morgan fingerprint density at radius 3 is 2.35 bits per heavy atom. The third kappa shape index (κ3) is 6.59. The van der Waals surface area contributed by atoms with Crippen LogP contribution in [-0.4, -0.2) is 24.9 Å². The molecule has 0 saturated heterocycles. The van der Waals surface area contributed by atoms with Crippen LogP contribution in [0.25, 0.3) is 0 Å². The van der Waals surface area contributed by atoms with E-state index >= 15 is 0 Å². The fraction of sp³-hybridized carbons (Fsp3) is 0.571. The van der Waals surface area contributed by atoms with Crippen LogP contribution in [0.5, 0.6) is 5.75 Å². The van der Waals surface area contributed by atoms with Crippen LogP contribution in [0.3, 0.4) is 0 Å². The summed E-state index contributed by atoms with van der Waals surface area (Å²) >= 11 is 1.75. The molecule has 0 amide bonds. The smallest absolute Gasteiger partial charge is 0.119 e. The molecule has 1 aromatic rings. The normalized spacial score (nSPS) is 11.5. The summed E-state index contributed by atoms with van der Waals surface area (Å²) in [6, 6.07) is 8.24. The quantitative estimate of drug-likeness (QED) is 0.618. The Morgan fingerprint density at radius 1 is 1.18 bits per heavy atom. The first-order valence-corrected chi connectivity index (χ1v) is 7.25. The molecule has 0 radical (unpaired) electrons. The fourth-order valence-corrected chi connectivity index (χ4v) is 1.81. The van der Waals surface area contributed by atoms with Gasteiger partial charge in [0.25, 0.3) is 0 Å².